The minimum Gasteiger partial charge on any atom is -0.477 e. The number of aliphatic hydroxyl groups is 1. The zero-order valence-corrected chi connectivity index (χ0v) is 7.55. The maximum Gasteiger partial charge on any atom is 0.354 e. The maximum atomic E-state index is 10.6. The van der Waals surface area contributed by atoms with Gasteiger partial charge in [-0.05, 0) is 24.6 Å². The topological polar surface area (TPSA) is 70.4 Å². The van der Waals surface area contributed by atoms with Gasteiger partial charge in [-0.3, -0.25) is 0 Å². The molecular weight excluding hydrogens is 182 g/mol. The van der Waals surface area contributed by atoms with Gasteiger partial charge in [0, 0.05) is 6.61 Å². The molecule has 0 bridgehead atoms. The normalized spacial score (nSPS) is 10.6. The molecule has 0 aliphatic carbocycles. The van der Waals surface area contributed by atoms with Gasteiger partial charge in [-0.25, -0.2) is 9.78 Å². The quantitative estimate of drug-likeness (QED) is 0.753. The van der Waals surface area contributed by atoms with Gasteiger partial charge in [0.1, 0.15) is 5.69 Å². The average molecular weight is 193 g/mol. The molecule has 0 radical (unpaired) electrons. The fourth-order valence-electron chi connectivity index (χ4n) is 0.942. The first-order valence-electron chi connectivity index (χ1n) is 4.22. The SMILES string of the molecule is O=C(O)c1cccc(C=CCCO)n1. The Labute approximate surface area is 81.5 Å². The molecule has 4 heteroatoms. The van der Waals surface area contributed by atoms with E-state index in [1.165, 1.54) is 6.07 Å². The second-order valence-corrected chi connectivity index (χ2v) is 2.67. The summed E-state index contributed by atoms with van der Waals surface area (Å²) in [5.41, 5.74) is 0.606. The second-order valence-electron chi connectivity index (χ2n) is 2.67. The second kappa shape index (κ2) is 5.14. The third-order valence-electron chi connectivity index (χ3n) is 1.57. The lowest BCUT2D eigenvalue weighted by Crippen LogP contribution is -2.00. The Morgan fingerprint density at radius 2 is 2.29 bits per heavy atom. The van der Waals surface area contributed by atoms with Crippen molar-refractivity contribution < 1.29 is 15.0 Å². The van der Waals surface area contributed by atoms with Crippen molar-refractivity contribution in [2.75, 3.05) is 6.61 Å². The first kappa shape index (κ1) is 10.4. The van der Waals surface area contributed by atoms with Crippen LogP contribution in [0.1, 0.15) is 22.6 Å². The highest BCUT2D eigenvalue weighted by Crippen LogP contribution is 2.02. The number of nitrogens with zero attached hydrogens (tertiary/aromatic N) is 1. The molecule has 0 aliphatic heterocycles. The Bertz CT molecular complexity index is 347. The van der Waals surface area contributed by atoms with Crippen molar-refractivity contribution >= 4 is 12.0 Å². The third-order valence-corrected chi connectivity index (χ3v) is 1.57. The number of aromatic carboxylic acids is 1. The molecule has 0 aromatic carbocycles. The van der Waals surface area contributed by atoms with Crippen LogP contribution >= 0.6 is 0 Å². The van der Waals surface area contributed by atoms with Gasteiger partial charge in [0.2, 0.25) is 0 Å². The molecule has 0 amide bonds. The maximum absolute atomic E-state index is 10.6. The van der Waals surface area contributed by atoms with Crippen LogP contribution < -0.4 is 0 Å². The van der Waals surface area contributed by atoms with Crippen LogP contribution in [0.25, 0.3) is 6.08 Å². The number of aliphatic hydroxyl groups excluding tert-OH is 1. The van der Waals surface area contributed by atoms with Crippen molar-refractivity contribution in [3.8, 4) is 0 Å². The summed E-state index contributed by atoms with van der Waals surface area (Å²) in [7, 11) is 0. The van der Waals surface area contributed by atoms with Gasteiger partial charge in [-0.1, -0.05) is 12.1 Å². The van der Waals surface area contributed by atoms with Gasteiger partial charge in [-0.15, -0.1) is 0 Å². The van der Waals surface area contributed by atoms with Crippen molar-refractivity contribution in [1.29, 1.82) is 0 Å². The van der Waals surface area contributed by atoms with Gasteiger partial charge in [0.05, 0.1) is 5.69 Å². The molecule has 0 spiro atoms. The minimum absolute atomic E-state index is 0.0242. The molecule has 0 unspecified atom stereocenters. The van der Waals surface area contributed by atoms with E-state index >= 15 is 0 Å². The van der Waals surface area contributed by atoms with E-state index in [2.05, 4.69) is 4.98 Å². The van der Waals surface area contributed by atoms with Gasteiger partial charge in [0.25, 0.3) is 0 Å². The third kappa shape index (κ3) is 2.99. The number of carbonyl (C=O) groups is 1. The number of hydrogen-bond acceptors (Lipinski definition) is 3. The van der Waals surface area contributed by atoms with E-state index in [-0.39, 0.29) is 12.3 Å². The molecule has 4 nitrogen and oxygen atoms in total. The summed E-state index contributed by atoms with van der Waals surface area (Å²) in [6.45, 7) is 0.0785. The summed E-state index contributed by atoms with van der Waals surface area (Å²) in [6, 6.07) is 4.78. The number of hydrogen-bond donors (Lipinski definition) is 2. The van der Waals surface area contributed by atoms with Crippen LogP contribution in [-0.4, -0.2) is 27.8 Å². The lowest BCUT2D eigenvalue weighted by Gasteiger charge is -1.95. The summed E-state index contributed by atoms with van der Waals surface area (Å²) >= 11 is 0. The van der Waals surface area contributed by atoms with Crippen LogP contribution in [0.5, 0.6) is 0 Å². The van der Waals surface area contributed by atoms with Crippen molar-refractivity contribution in [2.24, 2.45) is 0 Å². The Kier molecular flexibility index (Phi) is 3.82. The summed E-state index contributed by atoms with van der Waals surface area (Å²) in [6.07, 6.45) is 3.97. The Hall–Kier alpha value is -1.68. The molecule has 14 heavy (non-hydrogen) atoms. The molecule has 1 rings (SSSR count). The monoisotopic (exact) mass is 193 g/mol. The van der Waals surface area contributed by atoms with E-state index in [0.29, 0.717) is 12.1 Å². The summed E-state index contributed by atoms with van der Waals surface area (Å²) in [5, 5.41) is 17.2. The van der Waals surface area contributed by atoms with E-state index in [9.17, 15) is 4.79 Å². The van der Waals surface area contributed by atoms with Gasteiger partial charge < -0.3 is 10.2 Å². The molecule has 1 aromatic rings. The molecule has 1 aromatic heterocycles. The van der Waals surface area contributed by atoms with Crippen molar-refractivity contribution in [3.05, 3.63) is 35.7 Å². The van der Waals surface area contributed by atoms with Gasteiger partial charge in [0.15, 0.2) is 0 Å². The minimum atomic E-state index is -1.04. The van der Waals surface area contributed by atoms with Crippen molar-refractivity contribution in [3.63, 3.8) is 0 Å². The van der Waals surface area contributed by atoms with Crippen molar-refractivity contribution in [2.45, 2.75) is 6.42 Å². The van der Waals surface area contributed by atoms with Crippen LogP contribution in [0.4, 0.5) is 0 Å². The fraction of sp³-hybridized carbons (Fsp3) is 0.200. The number of carboxylic acids is 1. The van der Waals surface area contributed by atoms with Crippen LogP contribution in [0, 0.1) is 0 Å². The molecular formula is C10H11NO3. The first-order valence-corrected chi connectivity index (χ1v) is 4.22. The van der Waals surface area contributed by atoms with Crippen LogP contribution in [0.3, 0.4) is 0 Å². The first-order chi connectivity index (χ1) is 6.74. The smallest absolute Gasteiger partial charge is 0.354 e. The van der Waals surface area contributed by atoms with Crippen LogP contribution in [0.2, 0.25) is 0 Å². The van der Waals surface area contributed by atoms with E-state index in [1.54, 1.807) is 24.3 Å². The molecule has 0 saturated carbocycles. The van der Waals surface area contributed by atoms with E-state index in [0.717, 1.165) is 0 Å². The largest absolute Gasteiger partial charge is 0.477 e. The lowest BCUT2D eigenvalue weighted by atomic mass is 10.2. The average Bonchev–Trinajstić information content (AvgIpc) is 2.19. The highest BCUT2D eigenvalue weighted by Gasteiger charge is 2.02. The fourth-order valence-corrected chi connectivity index (χ4v) is 0.942. The predicted octanol–water partition coefficient (Wildman–Crippen LogP) is 1.18. The Morgan fingerprint density at radius 1 is 1.50 bits per heavy atom. The number of aromatic nitrogens is 1. The molecule has 2 N–H and O–H groups in total. The number of carboxylic acid groups (broad SMARTS) is 1. The molecule has 0 saturated heterocycles. The molecule has 0 atom stereocenters. The summed E-state index contributed by atoms with van der Waals surface area (Å²) < 4.78 is 0. The highest BCUT2D eigenvalue weighted by molar-refractivity contribution is 5.85. The summed E-state index contributed by atoms with van der Waals surface area (Å²) in [4.78, 5) is 14.4. The number of pyridine rings is 1. The molecule has 0 aliphatic rings. The molecule has 74 valence electrons. The van der Waals surface area contributed by atoms with Gasteiger partial charge >= 0.3 is 5.97 Å². The summed E-state index contributed by atoms with van der Waals surface area (Å²) in [5.74, 6) is -1.04. The van der Waals surface area contributed by atoms with E-state index in [4.69, 9.17) is 10.2 Å². The zero-order valence-electron chi connectivity index (χ0n) is 7.55. The Morgan fingerprint density at radius 3 is 2.93 bits per heavy atom. The van der Waals surface area contributed by atoms with E-state index < -0.39 is 5.97 Å². The zero-order chi connectivity index (χ0) is 10.4. The standard InChI is InChI=1S/C10H11NO3/c12-7-2-1-4-8-5-3-6-9(11-8)10(13)14/h1,3-6,12H,2,7H2,(H,13,14). The van der Waals surface area contributed by atoms with Crippen LogP contribution in [-0.2, 0) is 0 Å². The number of rotatable bonds is 4. The molecule has 1 heterocycles. The van der Waals surface area contributed by atoms with E-state index in [1.807, 2.05) is 0 Å². The molecule has 0 fully saturated rings. The highest BCUT2D eigenvalue weighted by atomic mass is 16.4. The van der Waals surface area contributed by atoms with Crippen LogP contribution in [0.15, 0.2) is 24.3 Å². The lowest BCUT2D eigenvalue weighted by molar-refractivity contribution is 0.0690. The van der Waals surface area contributed by atoms with Crippen molar-refractivity contribution in [1.82, 2.24) is 4.98 Å². The Balaban J connectivity index is 2.78. The predicted molar refractivity (Wildman–Crippen MR) is 51.9 cm³/mol. The van der Waals surface area contributed by atoms with Gasteiger partial charge in [-0.2, -0.15) is 0 Å².